The van der Waals surface area contributed by atoms with Crippen molar-refractivity contribution in [1.29, 1.82) is 0 Å². The number of rotatable bonds is 3. The summed E-state index contributed by atoms with van der Waals surface area (Å²) in [5, 5.41) is 9.07. The third-order valence-corrected chi connectivity index (χ3v) is 2.74. The van der Waals surface area contributed by atoms with Gasteiger partial charge in [-0.05, 0) is 13.8 Å². The van der Waals surface area contributed by atoms with Gasteiger partial charge in [-0.3, -0.25) is 4.79 Å². The lowest BCUT2D eigenvalue weighted by molar-refractivity contribution is 0.252. The Hall–Kier alpha value is -1.09. The highest BCUT2D eigenvalue weighted by Gasteiger charge is 2.16. The van der Waals surface area contributed by atoms with Crippen LogP contribution in [-0.4, -0.2) is 11.7 Å². The minimum atomic E-state index is -0.122. The van der Waals surface area contributed by atoms with E-state index in [0.29, 0.717) is 23.3 Å². The van der Waals surface area contributed by atoms with Crippen molar-refractivity contribution in [1.82, 2.24) is 0 Å². The van der Waals surface area contributed by atoms with Crippen LogP contribution in [0.5, 0.6) is 0 Å². The van der Waals surface area contributed by atoms with Crippen molar-refractivity contribution in [3.63, 3.8) is 0 Å². The molecule has 3 nitrogen and oxygen atoms in total. The lowest BCUT2D eigenvalue weighted by Crippen LogP contribution is -2.16. The van der Waals surface area contributed by atoms with E-state index >= 15 is 0 Å². The molecule has 0 saturated carbocycles. The summed E-state index contributed by atoms with van der Waals surface area (Å²) in [6.45, 7) is 7.33. The molecule has 0 aliphatic heterocycles. The van der Waals surface area contributed by atoms with E-state index in [4.69, 9.17) is 9.52 Å². The van der Waals surface area contributed by atoms with Gasteiger partial charge in [-0.2, -0.15) is 0 Å². The van der Waals surface area contributed by atoms with Crippen LogP contribution in [-0.2, 0) is 6.42 Å². The van der Waals surface area contributed by atoms with Crippen LogP contribution in [0, 0.1) is 13.8 Å². The van der Waals surface area contributed by atoms with Crippen molar-refractivity contribution in [3.8, 4) is 0 Å². The molecule has 1 atom stereocenters. The molecular formula is C12H18O3. The number of aliphatic hydroxyl groups excluding tert-OH is 1. The zero-order valence-electron chi connectivity index (χ0n) is 9.76. The van der Waals surface area contributed by atoms with Crippen LogP contribution in [0.3, 0.4) is 0 Å². The highest BCUT2D eigenvalue weighted by atomic mass is 16.3. The molecule has 1 rings (SSSR count). The van der Waals surface area contributed by atoms with Crippen LogP contribution in [0.1, 0.15) is 42.4 Å². The Bertz CT molecular complexity index is 404. The maximum atomic E-state index is 11.8. The van der Waals surface area contributed by atoms with Crippen LogP contribution in [0.2, 0.25) is 0 Å². The van der Waals surface area contributed by atoms with Gasteiger partial charge in [0, 0.05) is 23.5 Å². The van der Waals surface area contributed by atoms with E-state index in [1.54, 1.807) is 13.8 Å². The van der Waals surface area contributed by atoms with Gasteiger partial charge in [-0.15, -0.1) is 0 Å². The highest BCUT2D eigenvalue weighted by molar-refractivity contribution is 5.27. The third kappa shape index (κ3) is 2.12. The summed E-state index contributed by atoms with van der Waals surface area (Å²) in [7, 11) is 0. The van der Waals surface area contributed by atoms with Crippen LogP contribution in [0.15, 0.2) is 9.21 Å². The molecule has 84 valence electrons. The molecule has 0 aliphatic carbocycles. The molecule has 0 fully saturated rings. The molecule has 0 saturated heterocycles. The van der Waals surface area contributed by atoms with Gasteiger partial charge in [0.15, 0.2) is 5.43 Å². The molecule has 1 aromatic heterocycles. The summed E-state index contributed by atoms with van der Waals surface area (Å²) < 4.78 is 5.66. The van der Waals surface area contributed by atoms with Gasteiger partial charge in [-0.25, -0.2) is 0 Å². The maximum Gasteiger partial charge on any atom is 0.191 e. The van der Waals surface area contributed by atoms with Gasteiger partial charge in [-0.1, -0.05) is 13.8 Å². The molecular weight excluding hydrogens is 192 g/mol. The number of aryl methyl sites for hydroxylation is 1. The van der Waals surface area contributed by atoms with Crippen LogP contribution in [0.25, 0.3) is 0 Å². The Labute approximate surface area is 89.7 Å². The van der Waals surface area contributed by atoms with E-state index in [1.165, 1.54) is 0 Å². The summed E-state index contributed by atoms with van der Waals surface area (Å²) in [6, 6.07) is 0. The number of hydrogen-bond acceptors (Lipinski definition) is 3. The summed E-state index contributed by atoms with van der Waals surface area (Å²) in [6.07, 6.45) is 0.701. The van der Waals surface area contributed by atoms with Crippen molar-refractivity contribution in [2.24, 2.45) is 0 Å². The fourth-order valence-corrected chi connectivity index (χ4v) is 1.70. The summed E-state index contributed by atoms with van der Waals surface area (Å²) in [4.78, 5) is 11.8. The van der Waals surface area contributed by atoms with Gasteiger partial charge in [0.25, 0.3) is 0 Å². The monoisotopic (exact) mass is 210 g/mol. The smallest absolute Gasteiger partial charge is 0.191 e. The predicted molar refractivity (Wildman–Crippen MR) is 59.3 cm³/mol. The first-order valence-corrected chi connectivity index (χ1v) is 5.26. The average Bonchev–Trinajstić information content (AvgIpc) is 2.25. The van der Waals surface area contributed by atoms with E-state index in [9.17, 15) is 4.79 Å². The van der Waals surface area contributed by atoms with E-state index in [2.05, 4.69) is 0 Å². The van der Waals surface area contributed by atoms with Gasteiger partial charge in [0.2, 0.25) is 0 Å². The minimum Gasteiger partial charge on any atom is -0.465 e. The lowest BCUT2D eigenvalue weighted by atomic mass is 10.0. The number of hydrogen-bond donors (Lipinski definition) is 1. The Morgan fingerprint density at radius 1 is 1.33 bits per heavy atom. The van der Waals surface area contributed by atoms with Gasteiger partial charge in [0.1, 0.15) is 11.5 Å². The van der Waals surface area contributed by atoms with Crippen molar-refractivity contribution >= 4 is 0 Å². The van der Waals surface area contributed by atoms with Gasteiger partial charge in [0.05, 0.1) is 6.61 Å². The number of aliphatic hydroxyl groups is 1. The SMILES string of the molecule is CCc1oc([C@H](C)CO)c(C)c(=O)c1C. The van der Waals surface area contributed by atoms with Gasteiger partial charge < -0.3 is 9.52 Å². The molecule has 0 radical (unpaired) electrons. The Morgan fingerprint density at radius 2 is 1.93 bits per heavy atom. The minimum absolute atomic E-state index is 0.00397. The summed E-state index contributed by atoms with van der Waals surface area (Å²) in [5.41, 5.74) is 1.34. The maximum absolute atomic E-state index is 11.8. The van der Waals surface area contributed by atoms with Crippen LogP contribution >= 0.6 is 0 Å². The Kier molecular flexibility index (Phi) is 3.69. The highest BCUT2D eigenvalue weighted by Crippen LogP contribution is 2.20. The molecule has 0 amide bonds. The van der Waals surface area contributed by atoms with E-state index in [1.807, 2.05) is 13.8 Å². The molecule has 3 heteroatoms. The van der Waals surface area contributed by atoms with E-state index in [0.717, 1.165) is 5.76 Å². The lowest BCUT2D eigenvalue weighted by Gasteiger charge is -2.13. The first kappa shape index (κ1) is 12.0. The normalized spacial score (nSPS) is 12.9. The van der Waals surface area contributed by atoms with Crippen molar-refractivity contribution in [2.75, 3.05) is 6.61 Å². The second-order valence-corrected chi connectivity index (χ2v) is 3.91. The molecule has 0 bridgehead atoms. The second-order valence-electron chi connectivity index (χ2n) is 3.91. The second kappa shape index (κ2) is 4.62. The summed E-state index contributed by atoms with van der Waals surface area (Å²) in [5.74, 6) is 1.22. The van der Waals surface area contributed by atoms with Crippen molar-refractivity contribution in [3.05, 3.63) is 32.9 Å². The van der Waals surface area contributed by atoms with Crippen molar-refractivity contribution < 1.29 is 9.52 Å². The zero-order valence-corrected chi connectivity index (χ0v) is 9.76. The summed E-state index contributed by atoms with van der Waals surface area (Å²) >= 11 is 0. The van der Waals surface area contributed by atoms with Crippen molar-refractivity contribution in [2.45, 2.75) is 40.0 Å². The topological polar surface area (TPSA) is 50.4 Å². The largest absolute Gasteiger partial charge is 0.465 e. The Morgan fingerprint density at radius 3 is 2.40 bits per heavy atom. The molecule has 1 heterocycles. The van der Waals surface area contributed by atoms with E-state index < -0.39 is 0 Å². The first-order valence-electron chi connectivity index (χ1n) is 5.26. The Balaban J connectivity index is 3.42. The van der Waals surface area contributed by atoms with Gasteiger partial charge >= 0.3 is 0 Å². The zero-order chi connectivity index (χ0) is 11.6. The molecule has 0 spiro atoms. The fraction of sp³-hybridized carbons (Fsp3) is 0.583. The molecule has 1 aromatic rings. The van der Waals surface area contributed by atoms with E-state index in [-0.39, 0.29) is 18.0 Å². The standard InChI is InChI=1S/C12H18O3/c1-5-10-8(3)11(14)9(4)12(15-10)7(2)6-13/h7,13H,5-6H2,1-4H3/t7-/m1/s1. The molecule has 15 heavy (non-hydrogen) atoms. The first-order chi connectivity index (χ1) is 7.02. The molecule has 1 N–H and O–H groups in total. The predicted octanol–water partition coefficient (Wildman–Crippen LogP) is 1.91. The van der Waals surface area contributed by atoms with Crippen LogP contribution in [0.4, 0.5) is 0 Å². The van der Waals surface area contributed by atoms with Crippen LogP contribution < -0.4 is 5.43 Å². The molecule has 0 aliphatic rings. The molecule has 0 aromatic carbocycles. The molecule has 0 unspecified atom stereocenters. The fourth-order valence-electron chi connectivity index (χ4n) is 1.70. The quantitative estimate of drug-likeness (QED) is 0.829. The third-order valence-electron chi connectivity index (χ3n) is 2.74. The average molecular weight is 210 g/mol.